The minimum absolute atomic E-state index is 0.0150. The smallest absolute Gasteiger partial charge is 0.313 e. The minimum atomic E-state index is -0.654. The molecular formula is C22H34O6. The van der Waals surface area contributed by atoms with Crippen molar-refractivity contribution >= 4 is 17.5 Å². The number of carbonyl (C=O) groups is 3. The van der Waals surface area contributed by atoms with Crippen LogP contribution in [0.15, 0.2) is 11.6 Å². The van der Waals surface area contributed by atoms with Crippen LogP contribution < -0.4 is 0 Å². The average molecular weight is 395 g/mol. The van der Waals surface area contributed by atoms with Crippen LogP contribution in [0.3, 0.4) is 0 Å². The van der Waals surface area contributed by atoms with E-state index >= 15 is 0 Å². The van der Waals surface area contributed by atoms with E-state index in [-0.39, 0.29) is 48.6 Å². The number of carbonyl (C=O) groups excluding carboxylic acids is 3. The van der Waals surface area contributed by atoms with E-state index in [2.05, 4.69) is 6.92 Å². The Kier molecular flexibility index (Phi) is 7.96. The zero-order valence-corrected chi connectivity index (χ0v) is 17.5. The summed E-state index contributed by atoms with van der Waals surface area (Å²) in [7, 11) is 0. The fourth-order valence-electron chi connectivity index (χ4n) is 4.39. The monoisotopic (exact) mass is 394 g/mol. The van der Waals surface area contributed by atoms with Gasteiger partial charge < -0.3 is 14.6 Å². The van der Waals surface area contributed by atoms with Gasteiger partial charge in [0.2, 0.25) is 0 Å². The van der Waals surface area contributed by atoms with Crippen LogP contribution in [0.25, 0.3) is 0 Å². The summed E-state index contributed by atoms with van der Waals surface area (Å²) in [4.78, 5) is 36.4. The molecule has 6 nitrogen and oxygen atoms in total. The molecule has 0 unspecified atom stereocenters. The molecule has 0 amide bonds. The van der Waals surface area contributed by atoms with E-state index in [9.17, 15) is 19.5 Å². The van der Waals surface area contributed by atoms with Crippen LogP contribution in [0, 0.1) is 11.8 Å². The topological polar surface area (TPSA) is 89.9 Å². The zero-order valence-electron chi connectivity index (χ0n) is 17.5. The van der Waals surface area contributed by atoms with Crippen molar-refractivity contribution in [2.45, 2.75) is 90.4 Å². The molecule has 0 spiro atoms. The molecule has 0 radical (unpaired) electrons. The third-order valence-electron chi connectivity index (χ3n) is 6.01. The Hall–Kier alpha value is -1.53. The summed E-state index contributed by atoms with van der Waals surface area (Å²) in [5, 5.41) is 9.21. The summed E-state index contributed by atoms with van der Waals surface area (Å²) in [6.45, 7) is 7.97. The first-order valence-electron chi connectivity index (χ1n) is 10.4. The number of ether oxygens (including phenoxy) is 2. The summed E-state index contributed by atoms with van der Waals surface area (Å²) in [6.07, 6.45) is 4.66. The summed E-state index contributed by atoms with van der Waals surface area (Å²) < 4.78 is 11.5. The number of aliphatic hydroxyl groups is 1. The van der Waals surface area contributed by atoms with Crippen molar-refractivity contribution in [1.29, 1.82) is 0 Å². The van der Waals surface area contributed by atoms with Gasteiger partial charge in [-0.25, -0.2) is 0 Å². The number of hydrogen-bond donors (Lipinski definition) is 1. The summed E-state index contributed by atoms with van der Waals surface area (Å²) >= 11 is 0. The lowest BCUT2D eigenvalue weighted by Gasteiger charge is -2.29. The molecule has 158 valence electrons. The molecule has 2 aliphatic rings. The highest BCUT2D eigenvalue weighted by Crippen LogP contribution is 2.38. The molecule has 0 saturated carbocycles. The second-order valence-electron chi connectivity index (χ2n) is 8.58. The van der Waals surface area contributed by atoms with E-state index in [1.54, 1.807) is 6.92 Å². The molecule has 0 bridgehead atoms. The maximum Gasteiger partial charge on any atom is 0.313 e. The van der Waals surface area contributed by atoms with Crippen LogP contribution in [0.5, 0.6) is 0 Å². The van der Waals surface area contributed by atoms with Crippen LogP contribution >= 0.6 is 0 Å². The average Bonchev–Trinajstić information content (AvgIpc) is 2.89. The summed E-state index contributed by atoms with van der Waals surface area (Å²) in [6, 6.07) is 0. The van der Waals surface area contributed by atoms with Gasteiger partial charge in [0.1, 0.15) is 12.5 Å². The quantitative estimate of drug-likeness (QED) is 0.367. The van der Waals surface area contributed by atoms with Crippen LogP contribution in [0.1, 0.15) is 72.6 Å². The van der Waals surface area contributed by atoms with Crippen molar-refractivity contribution in [2.75, 3.05) is 6.61 Å². The third-order valence-corrected chi connectivity index (χ3v) is 6.01. The molecule has 0 aromatic carbocycles. The van der Waals surface area contributed by atoms with Gasteiger partial charge in [-0.2, -0.15) is 0 Å². The van der Waals surface area contributed by atoms with E-state index in [1.165, 1.54) is 0 Å². The highest BCUT2D eigenvalue weighted by molar-refractivity contribution is 6.01. The molecule has 2 heterocycles. The molecular weight excluding hydrogens is 360 g/mol. The van der Waals surface area contributed by atoms with E-state index in [0.29, 0.717) is 30.8 Å². The van der Waals surface area contributed by atoms with Gasteiger partial charge in [0.15, 0.2) is 11.6 Å². The second-order valence-corrected chi connectivity index (χ2v) is 8.58. The molecule has 2 saturated heterocycles. The third kappa shape index (κ3) is 5.74. The molecule has 0 aliphatic carbocycles. The van der Waals surface area contributed by atoms with Crippen molar-refractivity contribution < 1.29 is 29.0 Å². The highest BCUT2D eigenvalue weighted by atomic mass is 16.5. The summed E-state index contributed by atoms with van der Waals surface area (Å²) in [5.74, 6) is -0.780. The molecule has 6 heteroatoms. The van der Waals surface area contributed by atoms with Crippen LogP contribution in [0.2, 0.25) is 0 Å². The van der Waals surface area contributed by atoms with E-state index < -0.39 is 12.1 Å². The first kappa shape index (κ1) is 22.8. The predicted molar refractivity (Wildman–Crippen MR) is 105 cm³/mol. The molecule has 5 atom stereocenters. The number of hydrogen-bond acceptors (Lipinski definition) is 6. The maximum atomic E-state index is 12.6. The number of Topliss-reactive ketones (excluding diaryl/α,β-unsaturated/α-hetero) is 2. The Labute approximate surface area is 167 Å². The Morgan fingerprint density at radius 1 is 1.32 bits per heavy atom. The lowest BCUT2D eigenvalue weighted by atomic mass is 9.85. The van der Waals surface area contributed by atoms with Crippen molar-refractivity contribution in [3.8, 4) is 0 Å². The van der Waals surface area contributed by atoms with Gasteiger partial charge in [-0.05, 0) is 51.0 Å². The van der Waals surface area contributed by atoms with Crippen molar-refractivity contribution in [3.63, 3.8) is 0 Å². The van der Waals surface area contributed by atoms with Crippen molar-refractivity contribution in [3.05, 3.63) is 11.6 Å². The fourth-order valence-corrected chi connectivity index (χ4v) is 4.39. The number of esters is 1. The van der Waals surface area contributed by atoms with Crippen molar-refractivity contribution in [2.24, 2.45) is 11.8 Å². The lowest BCUT2D eigenvalue weighted by molar-refractivity contribution is -0.164. The fraction of sp³-hybridized carbons (Fsp3) is 0.773. The molecule has 28 heavy (non-hydrogen) atoms. The predicted octanol–water partition coefficient (Wildman–Crippen LogP) is 3.15. The first-order chi connectivity index (χ1) is 13.2. The number of allylic oxidation sites excluding steroid dienone is 1. The molecule has 1 N–H and O–H groups in total. The second kappa shape index (κ2) is 9.79. The Bertz CT molecular complexity index is 625. The van der Waals surface area contributed by atoms with Gasteiger partial charge in [0.05, 0.1) is 17.6 Å². The SMILES string of the molecule is CCC[C@H]1C(=O)CC(=O)O[C@@H]1CC(=O)/C(C)=C/C[C@@H]1O[C@](C)(CCO)C[C@@H]1C. The van der Waals surface area contributed by atoms with Crippen LogP contribution in [0.4, 0.5) is 0 Å². The minimum Gasteiger partial charge on any atom is -0.461 e. The standard InChI is InChI=1S/C22H34O6/c1-5-6-16-18(25)12-21(26)27-20(16)11-17(24)14(2)7-8-19-15(3)13-22(4,28-19)9-10-23/h7,15-16,19-20,23H,5-6,8-13H2,1-4H3/b14-7+/t15-,16-,19-,20+,22+/m0/s1. The van der Waals surface area contributed by atoms with Gasteiger partial charge in [0.25, 0.3) is 0 Å². The summed E-state index contributed by atoms with van der Waals surface area (Å²) in [5.41, 5.74) is 0.296. The van der Waals surface area contributed by atoms with E-state index in [1.807, 2.05) is 19.9 Å². The number of aliphatic hydroxyl groups excluding tert-OH is 1. The van der Waals surface area contributed by atoms with Gasteiger partial charge in [-0.3, -0.25) is 14.4 Å². The van der Waals surface area contributed by atoms with Crippen molar-refractivity contribution in [1.82, 2.24) is 0 Å². The van der Waals surface area contributed by atoms with E-state index in [4.69, 9.17) is 9.47 Å². The number of cyclic esters (lactones) is 1. The van der Waals surface area contributed by atoms with Gasteiger partial charge in [0, 0.05) is 13.0 Å². The lowest BCUT2D eigenvalue weighted by Crippen LogP contribution is -2.40. The Morgan fingerprint density at radius 2 is 2.04 bits per heavy atom. The largest absolute Gasteiger partial charge is 0.461 e. The van der Waals surface area contributed by atoms with E-state index in [0.717, 1.165) is 12.8 Å². The molecule has 0 aromatic heterocycles. The first-order valence-corrected chi connectivity index (χ1v) is 10.4. The molecule has 2 fully saturated rings. The van der Waals surface area contributed by atoms with Crippen LogP contribution in [-0.2, 0) is 23.9 Å². The molecule has 2 rings (SSSR count). The highest BCUT2D eigenvalue weighted by Gasteiger charge is 2.40. The zero-order chi connectivity index (χ0) is 20.9. The number of ketones is 2. The van der Waals surface area contributed by atoms with Crippen LogP contribution in [-0.4, -0.2) is 47.1 Å². The van der Waals surface area contributed by atoms with Gasteiger partial charge >= 0.3 is 5.97 Å². The Balaban J connectivity index is 1.96. The molecule has 2 aliphatic heterocycles. The normalized spacial score (nSPS) is 33.8. The van der Waals surface area contributed by atoms with Gasteiger partial charge in [-0.15, -0.1) is 0 Å². The molecule has 0 aromatic rings. The number of rotatable bonds is 9. The van der Waals surface area contributed by atoms with Gasteiger partial charge in [-0.1, -0.05) is 26.3 Å². The Morgan fingerprint density at radius 3 is 2.68 bits per heavy atom. The maximum absolute atomic E-state index is 12.6.